The number of imidazole rings is 1. The molecule has 0 radical (unpaired) electrons. The van der Waals surface area contributed by atoms with Crippen molar-refractivity contribution in [1.82, 2.24) is 34.4 Å². The number of carbonyl (C=O) groups is 1. The number of benzene rings is 1. The molecule has 8 heteroatoms. The van der Waals surface area contributed by atoms with Crippen LogP contribution in [0, 0.1) is 12.3 Å². The summed E-state index contributed by atoms with van der Waals surface area (Å²) in [6, 6.07) is 8.07. The molecule has 1 N–H and O–H groups in total. The van der Waals surface area contributed by atoms with Gasteiger partial charge in [0, 0.05) is 37.5 Å². The molecule has 0 saturated heterocycles. The van der Waals surface area contributed by atoms with Gasteiger partial charge in [-0.2, -0.15) is 5.10 Å². The highest BCUT2D eigenvalue weighted by Gasteiger charge is 2.28. The van der Waals surface area contributed by atoms with E-state index in [0.29, 0.717) is 24.4 Å². The molecule has 0 atom stereocenters. The van der Waals surface area contributed by atoms with Crippen molar-refractivity contribution in [2.45, 2.75) is 60.0 Å². The Balaban J connectivity index is 1.30. The van der Waals surface area contributed by atoms with Crippen LogP contribution in [0.1, 0.15) is 60.3 Å². The summed E-state index contributed by atoms with van der Waals surface area (Å²) in [6.07, 6.45) is 6.39. The van der Waals surface area contributed by atoms with Gasteiger partial charge < -0.3 is 5.32 Å². The number of hydrogen-bond acceptors (Lipinski definition) is 5. The highest BCUT2D eigenvalue weighted by molar-refractivity contribution is 5.94. The van der Waals surface area contributed by atoms with Crippen LogP contribution in [0.5, 0.6) is 0 Å². The fourth-order valence-corrected chi connectivity index (χ4v) is 4.33. The Labute approximate surface area is 193 Å². The number of carbonyl (C=O) groups excluding carboxylic acids is 1. The second-order valence-corrected chi connectivity index (χ2v) is 9.61. The highest BCUT2D eigenvalue weighted by atomic mass is 16.1. The minimum atomic E-state index is -0.151. The molecule has 0 spiro atoms. The Hall–Kier alpha value is -3.55. The van der Waals surface area contributed by atoms with Crippen molar-refractivity contribution in [2.75, 3.05) is 0 Å². The SMILES string of the molecule is CCc1nc2ncc(C)cn2c1C(=O)NCc1ccc(-c2nc3n(n2)CCC(C)(C)C3)cc1. The first-order valence-corrected chi connectivity index (χ1v) is 11.5. The molecule has 4 heterocycles. The van der Waals surface area contributed by atoms with Crippen LogP contribution in [0.15, 0.2) is 36.7 Å². The maximum absolute atomic E-state index is 13.0. The minimum Gasteiger partial charge on any atom is -0.347 e. The Morgan fingerprint density at radius 3 is 2.73 bits per heavy atom. The van der Waals surface area contributed by atoms with Crippen LogP contribution in [0.4, 0.5) is 0 Å². The first-order valence-electron chi connectivity index (χ1n) is 11.5. The largest absolute Gasteiger partial charge is 0.347 e. The van der Waals surface area contributed by atoms with E-state index in [1.165, 1.54) is 0 Å². The van der Waals surface area contributed by atoms with Crippen LogP contribution in [0.3, 0.4) is 0 Å². The zero-order valence-electron chi connectivity index (χ0n) is 19.6. The molecule has 1 aliphatic rings. The van der Waals surface area contributed by atoms with Crippen LogP contribution in [-0.2, 0) is 25.9 Å². The van der Waals surface area contributed by atoms with Crippen molar-refractivity contribution in [1.29, 1.82) is 0 Å². The molecular weight excluding hydrogens is 414 g/mol. The number of rotatable bonds is 5. The summed E-state index contributed by atoms with van der Waals surface area (Å²) < 4.78 is 3.81. The maximum atomic E-state index is 13.0. The van der Waals surface area contributed by atoms with Crippen molar-refractivity contribution in [2.24, 2.45) is 5.41 Å². The van der Waals surface area contributed by atoms with Gasteiger partial charge in [-0.1, -0.05) is 45.0 Å². The molecular formula is C25H29N7O. The van der Waals surface area contributed by atoms with Crippen molar-refractivity contribution < 1.29 is 4.79 Å². The van der Waals surface area contributed by atoms with E-state index >= 15 is 0 Å². The molecule has 3 aromatic heterocycles. The number of aryl methyl sites for hydroxylation is 3. The lowest BCUT2D eigenvalue weighted by Gasteiger charge is -2.28. The zero-order chi connectivity index (χ0) is 23.2. The summed E-state index contributed by atoms with van der Waals surface area (Å²) in [6.45, 7) is 9.85. The molecule has 33 heavy (non-hydrogen) atoms. The Morgan fingerprint density at radius 2 is 1.97 bits per heavy atom. The molecule has 8 nitrogen and oxygen atoms in total. The van der Waals surface area contributed by atoms with Crippen LogP contribution in [0.2, 0.25) is 0 Å². The number of nitrogens with one attached hydrogen (secondary N) is 1. The number of hydrogen-bond donors (Lipinski definition) is 1. The molecule has 5 rings (SSSR count). The topological polar surface area (TPSA) is 90.0 Å². The van der Waals surface area contributed by atoms with Crippen molar-refractivity contribution in [3.63, 3.8) is 0 Å². The third-order valence-electron chi connectivity index (χ3n) is 6.28. The fourth-order valence-electron chi connectivity index (χ4n) is 4.33. The van der Waals surface area contributed by atoms with E-state index in [9.17, 15) is 4.79 Å². The molecule has 1 amide bonds. The average molecular weight is 444 g/mol. The van der Waals surface area contributed by atoms with E-state index in [4.69, 9.17) is 10.1 Å². The first kappa shape index (κ1) is 21.3. The third-order valence-corrected chi connectivity index (χ3v) is 6.28. The molecule has 1 aliphatic heterocycles. The lowest BCUT2D eigenvalue weighted by molar-refractivity contribution is 0.0944. The van der Waals surface area contributed by atoms with Gasteiger partial charge in [0.05, 0.1) is 5.69 Å². The smallest absolute Gasteiger partial charge is 0.270 e. The van der Waals surface area contributed by atoms with Gasteiger partial charge in [0.1, 0.15) is 11.5 Å². The second-order valence-electron chi connectivity index (χ2n) is 9.61. The van der Waals surface area contributed by atoms with Gasteiger partial charge in [-0.15, -0.1) is 0 Å². The molecule has 0 aliphatic carbocycles. The van der Waals surface area contributed by atoms with Gasteiger partial charge >= 0.3 is 0 Å². The van der Waals surface area contributed by atoms with Crippen LogP contribution in [-0.4, -0.2) is 35.0 Å². The minimum absolute atomic E-state index is 0.151. The summed E-state index contributed by atoms with van der Waals surface area (Å²) in [7, 11) is 0. The lowest BCUT2D eigenvalue weighted by atomic mass is 9.83. The van der Waals surface area contributed by atoms with Gasteiger partial charge in [0.2, 0.25) is 5.78 Å². The average Bonchev–Trinajstić information content (AvgIpc) is 3.37. The highest BCUT2D eigenvalue weighted by Crippen LogP contribution is 2.31. The summed E-state index contributed by atoms with van der Waals surface area (Å²) in [5.41, 5.74) is 4.55. The second kappa shape index (κ2) is 8.10. The van der Waals surface area contributed by atoms with Gasteiger partial charge in [-0.3, -0.25) is 9.20 Å². The summed E-state index contributed by atoms with van der Waals surface area (Å²) in [5, 5.41) is 7.73. The molecule has 4 aromatic rings. The Kier molecular flexibility index (Phi) is 5.23. The molecule has 170 valence electrons. The van der Waals surface area contributed by atoms with Gasteiger partial charge in [0.25, 0.3) is 5.91 Å². The molecule has 1 aromatic carbocycles. The van der Waals surface area contributed by atoms with E-state index in [-0.39, 0.29) is 11.3 Å². The van der Waals surface area contributed by atoms with Crippen molar-refractivity contribution in [3.8, 4) is 11.4 Å². The molecule has 0 fully saturated rings. The zero-order valence-corrected chi connectivity index (χ0v) is 19.6. The predicted octanol–water partition coefficient (Wildman–Crippen LogP) is 3.76. The van der Waals surface area contributed by atoms with E-state index < -0.39 is 0 Å². The van der Waals surface area contributed by atoms with E-state index in [2.05, 4.69) is 29.1 Å². The van der Waals surface area contributed by atoms with Gasteiger partial charge in [-0.05, 0) is 36.3 Å². The number of nitrogens with zero attached hydrogens (tertiary/aromatic N) is 6. The van der Waals surface area contributed by atoms with Crippen molar-refractivity contribution in [3.05, 3.63) is 65.0 Å². The summed E-state index contributed by atoms with van der Waals surface area (Å²) >= 11 is 0. The molecule has 0 saturated carbocycles. The van der Waals surface area contributed by atoms with Gasteiger partial charge in [0.15, 0.2) is 5.82 Å². The number of aromatic nitrogens is 6. The van der Waals surface area contributed by atoms with Crippen LogP contribution in [0.25, 0.3) is 17.2 Å². The standard InChI is InChI=1S/C25H29N7O/c1-5-19-21(31-15-16(2)13-27-24(31)28-19)23(33)26-14-17-6-8-18(9-7-17)22-29-20-12-25(3,4)10-11-32(20)30-22/h6-9,13,15H,5,10-12,14H2,1-4H3,(H,26,33). The summed E-state index contributed by atoms with van der Waals surface area (Å²) in [4.78, 5) is 26.6. The van der Waals surface area contributed by atoms with Crippen LogP contribution < -0.4 is 5.32 Å². The van der Waals surface area contributed by atoms with E-state index in [1.54, 1.807) is 10.6 Å². The quantitative estimate of drug-likeness (QED) is 0.507. The lowest BCUT2D eigenvalue weighted by Crippen LogP contribution is -2.26. The summed E-state index contributed by atoms with van der Waals surface area (Å²) in [5.74, 6) is 2.22. The van der Waals surface area contributed by atoms with Crippen molar-refractivity contribution >= 4 is 11.7 Å². The number of amides is 1. The van der Waals surface area contributed by atoms with Gasteiger partial charge in [-0.25, -0.2) is 19.6 Å². The first-order chi connectivity index (χ1) is 15.8. The molecule has 0 unspecified atom stereocenters. The monoisotopic (exact) mass is 443 g/mol. The Morgan fingerprint density at radius 1 is 1.18 bits per heavy atom. The van der Waals surface area contributed by atoms with E-state index in [0.717, 1.165) is 53.4 Å². The van der Waals surface area contributed by atoms with Crippen LogP contribution >= 0.6 is 0 Å². The normalized spacial score (nSPS) is 14.9. The third kappa shape index (κ3) is 4.13. The molecule has 0 bridgehead atoms. The fraction of sp³-hybridized carbons (Fsp3) is 0.400. The van der Waals surface area contributed by atoms with E-state index in [1.807, 2.05) is 49.0 Å². The number of fused-ring (bicyclic) bond motifs is 2. The predicted molar refractivity (Wildman–Crippen MR) is 126 cm³/mol. The Bertz CT molecular complexity index is 1330. The maximum Gasteiger partial charge on any atom is 0.270 e.